The van der Waals surface area contributed by atoms with Crippen molar-refractivity contribution in [2.24, 2.45) is 13.0 Å². The maximum Gasteiger partial charge on any atom is 0.303 e. The zero-order valence-electron chi connectivity index (χ0n) is 10.9. The normalized spacial score (nSPS) is 12.5. The third-order valence-electron chi connectivity index (χ3n) is 2.97. The largest absolute Gasteiger partial charge is 0.481 e. The summed E-state index contributed by atoms with van der Waals surface area (Å²) in [4.78, 5) is 10.8. The van der Waals surface area contributed by atoms with Crippen LogP contribution < -0.4 is 0 Å². The van der Waals surface area contributed by atoms with Gasteiger partial charge in [0, 0.05) is 26.2 Å². The highest BCUT2D eigenvalue weighted by Crippen LogP contribution is 2.17. The Labute approximate surface area is 110 Å². The van der Waals surface area contributed by atoms with Crippen LogP contribution >= 0.6 is 0 Å². The molecular formula is C11H16N6O2. The van der Waals surface area contributed by atoms with Gasteiger partial charge in [-0.1, -0.05) is 13.3 Å². The van der Waals surface area contributed by atoms with E-state index < -0.39 is 5.97 Å². The Kier molecular flexibility index (Phi) is 3.88. The van der Waals surface area contributed by atoms with Crippen LogP contribution in [0.3, 0.4) is 0 Å². The number of hydrogen-bond acceptors (Lipinski definition) is 5. The molecular weight excluding hydrogens is 248 g/mol. The molecule has 2 aromatic rings. The first-order valence-corrected chi connectivity index (χ1v) is 6.07. The maximum atomic E-state index is 10.8. The first-order valence-electron chi connectivity index (χ1n) is 6.07. The molecule has 0 aliphatic carbocycles. The molecule has 0 saturated carbocycles. The Morgan fingerprint density at radius 2 is 2.32 bits per heavy atom. The van der Waals surface area contributed by atoms with Gasteiger partial charge in [-0.05, 0) is 16.3 Å². The van der Waals surface area contributed by atoms with Crippen LogP contribution in [0, 0.1) is 5.92 Å². The Hall–Kier alpha value is -2.25. The van der Waals surface area contributed by atoms with Gasteiger partial charge < -0.3 is 5.11 Å². The smallest absolute Gasteiger partial charge is 0.303 e. The third kappa shape index (κ3) is 3.15. The second-order valence-corrected chi connectivity index (χ2v) is 4.46. The van der Waals surface area contributed by atoms with E-state index in [9.17, 15) is 4.79 Å². The monoisotopic (exact) mass is 264 g/mol. The van der Waals surface area contributed by atoms with E-state index >= 15 is 0 Å². The maximum absolute atomic E-state index is 10.8. The van der Waals surface area contributed by atoms with Gasteiger partial charge in [-0.3, -0.25) is 9.48 Å². The lowest BCUT2D eigenvalue weighted by atomic mass is 10.0. The SMILES string of the molecule is CCC(CC(=O)O)Cn1nnnc1-c1cnn(C)c1. The van der Waals surface area contributed by atoms with Crippen molar-refractivity contribution in [2.75, 3.05) is 0 Å². The van der Waals surface area contributed by atoms with E-state index in [0.29, 0.717) is 12.4 Å². The molecule has 0 bridgehead atoms. The van der Waals surface area contributed by atoms with Gasteiger partial charge in [-0.25, -0.2) is 4.68 Å². The van der Waals surface area contributed by atoms with Crippen molar-refractivity contribution in [3.05, 3.63) is 12.4 Å². The molecule has 2 heterocycles. The van der Waals surface area contributed by atoms with Gasteiger partial charge in [0.15, 0.2) is 5.82 Å². The molecule has 2 aromatic heterocycles. The number of aromatic nitrogens is 6. The summed E-state index contributed by atoms with van der Waals surface area (Å²) in [6.45, 7) is 2.45. The van der Waals surface area contributed by atoms with Crippen molar-refractivity contribution < 1.29 is 9.90 Å². The highest BCUT2D eigenvalue weighted by atomic mass is 16.4. The standard InChI is InChI=1S/C11H16N6O2/c1-3-8(4-10(18)19)6-17-11(13-14-15-17)9-5-12-16(2)7-9/h5,7-8H,3-4,6H2,1-2H3,(H,18,19). The summed E-state index contributed by atoms with van der Waals surface area (Å²) < 4.78 is 3.30. The Morgan fingerprint density at radius 3 is 2.89 bits per heavy atom. The summed E-state index contributed by atoms with van der Waals surface area (Å²) in [5.41, 5.74) is 0.817. The predicted octanol–water partition coefficient (Wildman–Crippen LogP) is 0.574. The first-order chi connectivity index (χ1) is 9.10. The molecule has 0 radical (unpaired) electrons. The molecule has 19 heavy (non-hydrogen) atoms. The van der Waals surface area contributed by atoms with Crippen LogP contribution in [0.4, 0.5) is 0 Å². The van der Waals surface area contributed by atoms with Crippen LogP contribution in [-0.4, -0.2) is 41.1 Å². The van der Waals surface area contributed by atoms with E-state index in [4.69, 9.17) is 5.11 Å². The number of carboxylic acid groups (broad SMARTS) is 1. The average Bonchev–Trinajstić information content (AvgIpc) is 2.96. The lowest BCUT2D eigenvalue weighted by molar-refractivity contribution is -0.138. The van der Waals surface area contributed by atoms with E-state index in [0.717, 1.165) is 12.0 Å². The molecule has 0 amide bonds. The molecule has 0 aliphatic heterocycles. The van der Waals surface area contributed by atoms with Crippen molar-refractivity contribution in [2.45, 2.75) is 26.3 Å². The highest BCUT2D eigenvalue weighted by Gasteiger charge is 2.17. The quantitative estimate of drug-likeness (QED) is 0.819. The van der Waals surface area contributed by atoms with Crippen LogP contribution in [0.15, 0.2) is 12.4 Å². The third-order valence-corrected chi connectivity index (χ3v) is 2.97. The molecule has 0 fully saturated rings. The highest BCUT2D eigenvalue weighted by molar-refractivity contribution is 5.67. The van der Waals surface area contributed by atoms with Crippen molar-refractivity contribution in [3.63, 3.8) is 0 Å². The van der Waals surface area contributed by atoms with Gasteiger partial charge in [0.05, 0.1) is 11.8 Å². The molecule has 1 atom stereocenters. The Bertz CT molecular complexity index is 561. The van der Waals surface area contributed by atoms with Crippen molar-refractivity contribution in [3.8, 4) is 11.4 Å². The first kappa shape index (κ1) is 13.2. The fraction of sp³-hybridized carbons (Fsp3) is 0.545. The number of aliphatic carboxylic acids is 1. The summed E-state index contributed by atoms with van der Waals surface area (Å²) in [7, 11) is 1.82. The fourth-order valence-corrected chi connectivity index (χ4v) is 1.90. The summed E-state index contributed by atoms with van der Waals surface area (Å²) in [5.74, 6) is -0.184. The minimum absolute atomic E-state index is 0.0106. The lowest BCUT2D eigenvalue weighted by Gasteiger charge is -2.12. The molecule has 8 heteroatoms. The van der Waals surface area contributed by atoms with Crippen LogP contribution in [0.25, 0.3) is 11.4 Å². The molecule has 1 unspecified atom stereocenters. The van der Waals surface area contributed by atoms with E-state index in [-0.39, 0.29) is 12.3 Å². The average molecular weight is 264 g/mol. The predicted molar refractivity (Wildman–Crippen MR) is 66.1 cm³/mol. The van der Waals surface area contributed by atoms with Gasteiger partial charge in [0.2, 0.25) is 0 Å². The zero-order chi connectivity index (χ0) is 13.8. The number of rotatable bonds is 6. The van der Waals surface area contributed by atoms with Crippen LogP contribution in [0.1, 0.15) is 19.8 Å². The molecule has 8 nitrogen and oxygen atoms in total. The molecule has 1 N–H and O–H groups in total. The summed E-state index contributed by atoms with van der Waals surface area (Å²) >= 11 is 0. The number of tetrazole rings is 1. The van der Waals surface area contributed by atoms with E-state index in [2.05, 4.69) is 20.6 Å². The topological polar surface area (TPSA) is 98.7 Å². The zero-order valence-corrected chi connectivity index (χ0v) is 10.9. The summed E-state index contributed by atoms with van der Waals surface area (Å²) in [6, 6.07) is 0. The fourth-order valence-electron chi connectivity index (χ4n) is 1.90. The van der Waals surface area contributed by atoms with E-state index in [1.54, 1.807) is 15.6 Å². The van der Waals surface area contributed by atoms with Gasteiger partial charge >= 0.3 is 5.97 Å². The van der Waals surface area contributed by atoms with E-state index in [1.165, 1.54) is 0 Å². The number of aryl methyl sites for hydroxylation is 1. The second-order valence-electron chi connectivity index (χ2n) is 4.46. The Morgan fingerprint density at radius 1 is 1.53 bits per heavy atom. The number of carbonyl (C=O) groups is 1. The number of nitrogens with zero attached hydrogens (tertiary/aromatic N) is 6. The van der Waals surface area contributed by atoms with Crippen LogP contribution in [-0.2, 0) is 18.4 Å². The van der Waals surface area contributed by atoms with Crippen molar-refractivity contribution >= 4 is 5.97 Å². The second kappa shape index (κ2) is 5.59. The van der Waals surface area contributed by atoms with Crippen LogP contribution in [0.2, 0.25) is 0 Å². The minimum Gasteiger partial charge on any atom is -0.481 e. The molecule has 0 aromatic carbocycles. The Balaban J connectivity index is 2.17. The molecule has 0 spiro atoms. The number of hydrogen-bond donors (Lipinski definition) is 1. The molecule has 2 rings (SSSR count). The summed E-state index contributed by atoms with van der Waals surface area (Å²) in [5, 5.41) is 24.5. The van der Waals surface area contributed by atoms with Gasteiger partial charge in [-0.15, -0.1) is 5.10 Å². The van der Waals surface area contributed by atoms with Crippen LogP contribution in [0.5, 0.6) is 0 Å². The number of carboxylic acids is 1. The van der Waals surface area contributed by atoms with Crippen molar-refractivity contribution in [1.82, 2.24) is 30.0 Å². The van der Waals surface area contributed by atoms with Crippen molar-refractivity contribution in [1.29, 1.82) is 0 Å². The van der Waals surface area contributed by atoms with E-state index in [1.807, 2.05) is 20.2 Å². The lowest BCUT2D eigenvalue weighted by Crippen LogP contribution is -2.16. The van der Waals surface area contributed by atoms with Gasteiger partial charge in [-0.2, -0.15) is 5.10 Å². The van der Waals surface area contributed by atoms with Gasteiger partial charge in [0.1, 0.15) is 0 Å². The molecule has 102 valence electrons. The minimum atomic E-state index is -0.803. The summed E-state index contributed by atoms with van der Waals surface area (Å²) in [6.07, 6.45) is 4.38. The van der Waals surface area contributed by atoms with Gasteiger partial charge in [0.25, 0.3) is 0 Å². The molecule has 0 saturated heterocycles. The molecule has 0 aliphatic rings.